The van der Waals surface area contributed by atoms with Crippen molar-refractivity contribution in [2.75, 3.05) is 34.8 Å². The average molecular weight is 765 g/mol. The van der Waals surface area contributed by atoms with Crippen molar-refractivity contribution >= 4 is 5.97 Å². The second-order valence-electron chi connectivity index (χ2n) is 17.4. The number of ether oxygens (including phenoxy) is 6. The summed E-state index contributed by atoms with van der Waals surface area (Å²) in [6, 6.07) is -0.935. The van der Waals surface area contributed by atoms with Gasteiger partial charge in [-0.3, -0.25) is 0 Å². The minimum Gasteiger partial charge on any atom is -0.457 e. The van der Waals surface area contributed by atoms with Gasteiger partial charge >= 0.3 is 5.97 Å². The molecular weight excluding hydrogens is 692 g/mol. The first kappa shape index (κ1) is 46.3. The lowest BCUT2D eigenvalue weighted by molar-refractivity contribution is -0.326. The molecule has 0 saturated carbocycles. The molecule has 3 fully saturated rings. The maximum atomic E-state index is 14.3. The molecule has 3 aliphatic heterocycles. The predicted octanol–water partition coefficient (Wildman–Crippen LogP) is 1.02. The summed E-state index contributed by atoms with van der Waals surface area (Å²) in [5.41, 5.74) is -7.20. The van der Waals surface area contributed by atoms with E-state index in [1.165, 1.54) is 21.0 Å². The fourth-order valence-electron chi connectivity index (χ4n) is 8.77. The Hall–Kier alpha value is -1.05. The number of carbonyl (C=O) groups is 1. The molecule has 0 bridgehead atoms. The van der Waals surface area contributed by atoms with Crippen LogP contribution in [0, 0.1) is 11.8 Å². The van der Waals surface area contributed by atoms with Crippen molar-refractivity contribution in [3.63, 3.8) is 0 Å². The highest BCUT2D eigenvalue weighted by molar-refractivity contribution is 5.80. The molecule has 3 rings (SSSR count). The van der Waals surface area contributed by atoms with Gasteiger partial charge in [-0.15, -0.1) is 0 Å². The molecule has 0 amide bonds. The Morgan fingerprint density at radius 2 is 1.51 bits per heavy atom. The molecule has 3 aliphatic rings. The van der Waals surface area contributed by atoms with E-state index in [0.717, 1.165) is 0 Å². The zero-order chi connectivity index (χ0) is 40.6. The van der Waals surface area contributed by atoms with E-state index in [-0.39, 0.29) is 37.3 Å². The van der Waals surface area contributed by atoms with Crippen LogP contribution in [0.3, 0.4) is 0 Å². The minimum absolute atomic E-state index is 0.0114. The molecule has 3 heterocycles. The number of cyclic esters (lactones) is 1. The average Bonchev–Trinajstić information content (AvgIpc) is 3.06. The number of likely N-dealkylation sites (N-methyl/N-ethyl adjacent to an activating group) is 2. The van der Waals surface area contributed by atoms with Gasteiger partial charge in [-0.05, 0) is 94.8 Å². The Labute approximate surface area is 316 Å². The van der Waals surface area contributed by atoms with Crippen molar-refractivity contribution in [3.8, 4) is 0 Å². The number of carbonyl (C=O) groups excluding carboxylic acids is 1. The lowest BCUT2D eigenvalue weighted by Crippen LogP contribution is -2.64. The lowest BCUT2D eigenvalue weighted by atomic mass is 9.76. The molecule has 0 aromatic carbocycles. The fourth-order valence-corrected chi connectivity index (χ4v) is 8.77. The molecule has 0 radical (unpaired) electrons. The highest BCUT2D eigenvalue weighted by atomic mass is 16.7. The third kappa shape index (κ3) is 10.1. The van der Waals surface area contributed by atoms with Gasteiger partial charge in [-0.1, -0.05) is 20.8 Å². The molecule has 0 aromatic heterocycles. The largest absolute Gasteiger partial charge is 0.457 e. The Morgan fingerprint density at radius 3 is 2.06 bits per heavy atom. The smallest absolute Gasteiger partial charge is 0.340 e. The molecule has 1 unspecified atom stereocenters. The van der Waals surface area contributed by atoms with Gasteiger partial charge in [0.25, 0.3) is 0 Å². The molecule has 0 aromatic rings. The summed E-state index contributed by atoms with van der Waals surface area (Å²) >= 11 is 0. The van der Waals surface area contributed by atoms with Crippen LogP contribution in [-0.2, 0) is 33.2 Å². The monoisotopic (exact) mass is 765 g/mol. The standard InChI is InChI=1S/C38H72N2O13/c1-15-26-37(9,46)29(42)23(5)40(13)19-20(2)17-35(7,45)31(53-33-28(41)25(39(11)12)16-21(3)49-33)22(4)32(38(10,47)34(44)51-26)52-27-18-36(8,48-14)30(43)24(6)50-27/h20-33,41-43,45-47H,15-19H2,1-14H3/t20-,21-,22-,23-,24+,25+,26-,27+,28-,29-,30+,31-,32+,33+,35-,36-,37-,38?/m1/s1. The Morgan fingerprint density at radius 1 is 0.906 bits per heavy atom. The summed E-state index contributed by atoms with van der Waals surface area (Å²) in [5.74, 6) is -2.39. The van der Waals surface area contributed by atoms with Gasteiger partial charge in [0.1, 0.15) is 36.1 Å². The van der Waals surface area contributed by atoms with E-state index >= 15 is 0 Å². The summed E-state index contributed by atoms with van der Waals surface area (Å²) in [7, 11) is 6.97. The maximum Gasteiger partial charge on any atom is 0.340 e. The van der Waals surface area contributed by atoms with Crippen molar-refractivity contribution in [3.05, 3.63) is 0 Å². The molecule has 6 N–H and O–H groups in total. The summed E-state index contributed by atoms with van der Waals surface area (Å²) in [4.78, 5) is 18.0. The van der Waals surface area contributed by atoms with Crippen LogP contribution in [0.5, 0.6) is 0 Å². The first-order valence-corrected chi connectivity index (χ1v) is 19.2. The van der Waals surface area contributed by atoms with Crippen molar-refractivity contribution in [1.29, 1.82) is 0 Å². The third-order valence-electron chi connectivity index (χ3n) is 12.2. The van der Waals surface area contributed by atoms with Crippen LogP contribution in [0.1, 0.15) is 94.9 Å². The lowest BCUT2D eigenvalue weighted by Gasteiger charge is -2.49. The highest BCUT2D eigenvalue weighted by Crippen LogP contribution is 2.41. The number of hydrogen-bond donors (Lipinski definition) is 6. The number of aliphatic hydroxyl groups is 6. The SMILES string of the molecule is CC[C@H]1OC(=O)C(C)(O)[C@@H](O[C@H]2C[C@@](C)(OC)[C@@H](O)[C@H](C)O2)[C@H](C)[C@@H](O[C@@H]2O[C@H](C)C[C@H](N(C)C)[C@H]2O)[C@](C)(O)C[C@@H](C)CN(C)[C@H](C)[C@@H](O)[C@]1(C)O. The van der Waals surface area contributed by atoms with E-state index in [0.29, 0.717) is 13.0 Å². The zero-order valence-corrected chi connectivity index (χ0v) is 34.6. The molecule has 0 spiro atoms. The van der Waals surface area contributed by atoms with Crippen LogP contribution in [-0.4, -0.2) is 177 Å². The molecule has 3 saturated heterocycles. The van der Waals surface area contributed by atoms with Crippen LogP contribution in [0.4, 0.5) is 0 Å². The summed E-state index contributed by atoms with van der Waals surface area (Å²) < 4.78 is 37.0. The van der Waals surface area contributed by atoms with Crippen molar-refractivity contribution in [2.24, 2.45) is 11.8 Å². The Bertz CT molecular complexity index is 1190. The first-order chi connectivity index (χ1) is 24.2. The molecule has 53 heavy (non-hydrogen) atoms. The molecule has 312 valence electrons. The van der Waals surface area contributed by atoms with Gasteiger partial charge < -0.3 is 68.9 Å². The van der Waals surface area contributed by atoms with Gasteiger partial charge in [0.15, 0.2) is 18.2 Å². The van der Waals surface area contributed by atoms with Crippen molar-refractivity contribution in [2.45, 2.75) is 191 Å². The van der Waals surface area contributed by atoms with Crippen LogP contribution in [0.2, 0.25) is 0 Å². The molecular formula is C38H72N2O13. The van der Waals surface area contributed by atoms with Crippen molar-refractivity contribution < 1.29 is 63.9 Å². The quantitative estimate of drug-likeness (QED) is 0.201. The van der Waals surface area contributed by atoms with E-state index in [1.54, 1.807) is 48.6 Å². The number of aliphatic hydroxyl groups excluding tert-OH is 3. The summed E-state index contributed by atoms with van der Waals surface area (Å²) in [6.45, 7) is 16.9. The number of methoxy groups -OCH3 is 1. The molecule has 15 nitrogen and oxygen atoms in total. The second kappa shape index (κ2) is 17.6. The molecule has 15 heteroatoms. The number of hydrogen-bond acceptors (Lipinski definition) is 15. The topological polar surface area (TPSA) is 200 Å². The van der Waals surface area contributed by atoms with E-state index in [9.17, 15) is 35.4 Å². The first-order valence-electron chi connectivity index (χ1n) is 19.2. The summed E-state index contributed by atoms with van der Waals surface area (Å²) in [6.07, 6.45) is -10.1. The van der Waals surface area contributed by atoms with E-state index < -0.39 is 95.6 Å². The predicted molar refractivity (Wildman–Crippen MR) is 196 cm³/mol. The van der Waals surface area contributed by atoms with E-state index in [1.807, 2.05) is 37.7 Å². The van der Waals surface area contributed by atoms with Gasteiger partial charge in [0, 0.05) is 38.1 Å². The van der Waals surface area contributed by atoms with E-state index in [2.05, 4.69) is 0 Å². The van der Waals surface area contributed by atoms with Crippen LogP contribution >= 0.6 is 0 Å². The van der Waals surface area contributed by atoms with Crippen LogP contribution in [0.15, 0.2) is 0 Å². The molecule has 18 atom stereocenters. The normalized spacial score (nSPS) is 50.3. The van der Waals surface area contributed by atoms with Crippen LogP contribution < -0.4 is 0 Å². The van der Waals surface area contributed by atoms with Gasteiger partial charge in [0.05, 0.1) is 29.5 Å². The van der Waals surface area contributed by atoms with E-state index in [4.69, 9.17) is 28.4 Å². The van der Waals surface area contributed by atoms with Gasteiger partial charge in [-0.25, -0.2) is 4.79 Å². The third-order valence-corrected chi connectivity index (χ3v) is 12.2. The number of esters is 1. The molecule has 0 aliphatic carbocycles. The maximum absolute atomic E-state index is 14.3. The zero-order valence-electron chi connectivity index (χ0n) is 34.6. The van der Waals surface area contributed by atoms with Crippen LogP contribution in [0.25, 0.3) is 0 Å². The summed E-state index contributed by atoms with van der Waals surface area (Å²) in [5, 5.41) is 70.5. The van der Waals surface area contributed by atoms with Gasteiger partial charge in [0.2, 0.25) is 0 Å². The van der Waals surface area contributed by atoms with Crippen molar-refractivity contribution in [1.82, 2.24) is 9.80 Å². The second-order valence-corrected chi connectivity index (χ2v) is 17.4. The highest BCUT2D eigenvalue weighted by Gasteiger charge is 2.56. The number of nitrogens with zero attached hydrogens (tertiary/aromatic N) is 2. The fraction of sp³-hybridized carbons (Fsp3) is 0.974. The Balaban J connectivity index is 2.23. The van der Waals surface area contributed by atoms with Gasteiger partial charge in [-0.2, -0.15) is 0 Å². The minimum atomic E-state index is -2.47. The number of rotatable bonds is 7. The Kier molecular flexibility index (Phi) is 15.4.